The van der Waals surface area contributed by atoms with Gasteiger partial charge in [-0.15, -0.1) is 0 Å². The van der Waals surface area contributed by atoms with E-state index < -0.39 is 6.10 Å². The lowest BCUT2D eigenvalue weighted by atomic mass is 9.82. The third kappa shape index (κ3) is 2.89. The molecule has 0 aromatic heterocycles. The van der Waals surface area contributed by atoms with Gasteiger partial charge in [0.15, 0.2) is 11.5 Å². The van der Waals surface area contributed by atoms with E-state index in [1.807, 2.05) is 6.07 Å². The lowest BCUT2D eigenvalue weighted by Crippen LogP contribution is -2.16. The van der Waals surface area contributed by atoms with Crippen molar-refractivity contribution in [1.29, 1.82) is 0 Å². The summed E-state index contributed by atoms with van der Waals surface area (Å²) in [4.78, 5) is 0. The molecule has 0 radical (unpaired) electrons. The van der Waals surface area contributed by atoms with Crippen molar-refractivity contribution in [2.75, 3.05) is 13.2 Å². The van der Waals surface area contributed by atoms with Crippen LogP contribution in [0, 0.1) is 5.92 Å². The molecule has 0 amide bonds. The third-order valence-electron chi connectivity index (χ3n) is 4.28. The molecule has 1 aliphatic heterocycles. The molecule has 1 heterocycles. The van der Waals surface area contributed by atoms with E-state index in [-0.39, 0.29) is 0 Å². The van der Waals surface area contributed by atoms with Crippen LogP contribution in [-0.2, 0) is 0 Å². The molecule has 1 aromatic rings. The van der Waals surface area contributed by atoms with Gasteiger partial charge in [-0.3, -0.25) is 0 Å². The Kier molecular flexibility index (Phi) is 4.37. The number of ether oxygens (including phenoxy) is 2. The largest absolute Gasteiger partial charge is 0.490 e. The van der Waals surface area contributed by atoms with Gasteiger partial charge in [-0.1, -0.05) is 30.9 Å². The molecule has 20 heavy (non-hydrogen) atoms. The SMILES string of the molecule is OC(c1cc2c(cc1Cl)OCCCO2)C1CCCCC1. The number of hydrogen-bond donors (Lipinski definition) is 1. The second-order valence-corrected chi connectivity index (χ2v) is 6.12. The van der Waals surface area contributed by atoms with E-state index in [2.05, 4.69) is 0 Å². The lowest BCUT2D eigenvalue weighted by molar-refractivity contribution is 0.0846. The highest BCUT2D eigenvalue weighted by Gasteiger charge is 2.26. The van der Waals surface area contributed by atoms with E-state index in [4.69, 9.17) is 21.1 Å². The zero-order valence-corrected chi connectivity index (χ0v) is 12.4. The van der Waals surface area contributed by atoms with Gasteiger partial charge in [-0.2, -0.15) is 0 Å². The second kappa shape index (κ2) is 6.23. The lowest BCUT2D eigenvalue weighted by Gasteiger charge is -2.27. The normalized spacial score (nSPS) is 21.3. The molecule has 1 fully saturated rings. The van der Waals surface area contributed by atoms with Crippen molar-refractivity contribution in [3.8, 4) is 11.5 Å². The summed E-state index contributed by atoms with van der Waals surface area (Å²) in [5, 5.41) is 11.2. The maximum Gasteiger partial charge on any atom is 0.162 e. The van der Waals surface area contributed by atoms with Gasteiger partial charge < -0.3 is 14.6 Å². The Hall–Kier alpha value is -0.930. The number of fused-ring (bicyclic) bond motifs is 1. The molecule has 1 aromatic carbocycles. The first kappa shape index (κ1) is 14.0. The molecule has 1 aliphatic carbocycles. The van der Waals surface area contributed by atoms with Crippen molar-refractivity contribution < 1.29 is 14.6 Å². The molecule has 0 bridgehead atoms. The van der Waals surface area contributed by atoms with Crippen molar-refractivity contribution in [3.63, 3.8) is 0 Å². The number of rotatable bonds is 2. The van der Waals surface area contributed by atoms with Crippen LogP contribution in [0.4, 0.5) is 0 Å². The van der Waals surface area contributed by atoms with E-state index in [9.17, 15) is 5.11 Å². The van der Waals surface area contributed by atoms with Gasteiger partial charge in [0.1, 0.15) is 0 Å². The molecule has 1 atom stereocenters. The highest BCUT2D eigenvalue weighted by molar-refractivity contribution is 6.31. The topological polar surface area (TPSA) is 38.7 Å². The van der Waals surface area contributed by atoms with Crippen LogP contribution in [0.2, 0.25) is 5.02 Å². The molecule has 3 rings (SSSR count). The van der Waals surface area contributed by atoms with Gasteiger partial charge >= 0.3 is 0 Å². The Bertz CT molecular complexity index is 469. The van der Waals surface area contributed by atoms with Crippen LogP contribution in [0.15, 0.2) is 12.1 Å². The van der Waals surface area contributed by atoms with E-state index >= 15 is 0 Å². The average Bonchev–Trinajstić information content (AvgIpc) is 2.71. The zero-order valence-electron chi connectivity index (χ0n) is 11.6. The first-order valence-corrected chi connectivity index (χ1v) is 7.90. The van der Waals surface area contributed by atoms with Crippen LogP contribution in [0.3, 0.4) is 0 Å². The average molecular weight is 297 g/mol. The number of hydrogen-bond acceptors (Lipinski definition) is 3. The monoisotopic (exact) mass is 296 g/mol. The summed E-state index contributed by atoms with van der Waals surface area (Å²) in [7, 11) is 0. The van der Waals surface area contributed by atoms with Crippen molar-refractivity contribution >= 4 is 11.6 Å². The second-order valence-electron chi connectivity index (χ2n) is 5.71. The van der Waals surface area contributed by atoms with Crippen LogP contribution >= 0.6 is 11.6 Å². The minimum Gasteiger partial charge on any atom is -0.490 e. The van der Waals surface area contributed by atoms with Crippen LogP contribution in [0.25, 0.3) is 0 Å². The smallest absolute Gasteiger partial charge is 0.162 e. The van der Waals surface area contributed by atoms with E-state index in [1.54, 1.807) is 6.07 Å². The van der Waals surface area contributed by atoms with Crippen LogP contribution in [-0.4, -0.2) is 18.3 Å². The predicted octanol–water partition coefficient (Wildman–Crippen LogP) is 4.12. The van der Waals surface area contributed by atoms with Crippen molar-refractivity contribution in [2.24, 2.45) is 5.92 Å². The fraction of sp³-hybridized carbons (Fsp3) is 0.625. The Morgan fingerprint density at radius 2 is 1.65 bits per heavy atom. The molecule has 3 nitrogen and oxygen atoms in total. The quantitative estimate of drug-likeness (QED) is 0.892. The highest BCUT2D eigenvalue weighted by Crippen LogP contribution is 2.42. The first-order valence-electron chi connectivity index (χ1n) is 7.53. The molecule has 1 saturated carbocycles. The first-order chi connectivity index (χ1) is 9.75. The minimum absolute atomic E-state index is 0.311. The summed E-state index contributed by atoms with van der Waals surface area (Å²) in [5.74, 6) is 1.70. The minimum atomic E-state index is -0.500. The van der Waals surface area contributed by atoms with Gasteiger partial charge in [0.05, 0.1) is 24.3 Å². The summed E-state index contributed by atoms with van der Waals surface area (Å²) in [6.45, 7) is 1.29. The summed E-state index contributed by atoms with van der Waals surface area (Å²) in [6.07, 6.45) is 6.19. The molecule has 0 spiro atoms. The van der Waals surface area contributed by atoms with Gasteiger partial charge in [0, 0.05) is 18.1 Å². The number of aliphatic hydroxyl groups is 1. The summed E-state index contributed by atoms with van der Waals surface area (Å²) >= 11 is 6.33. The number of halogens is 1. The van der Waals surface area contributed by atoms with Gasteiger partial charge in [0.2, 0.25) is 0 Å². The Labute approximate surface area is 124 Å². The van der Waals surface area contributed by atoms with Gasteiger partial charge in [-0.05, 0) is 24.8 Å². The van der Waals surface area contributed by atoms with E-state index in [0.29, 0.717) is 35.7 Å². The Morgan fingerprint density at radius 3 is 2.35 bits per heavy atom. The molecule has 0 saturated heterocycles. The fourth-order valence-corrected chi connectivity index (χ4v) is 3.40. The molecule has 4 heteroatoms. The number of benzene rings is 1. The van der Waals surface area contributed by atoms with Gasteiger partial charge in [-0.25, -0.2) is 0 Å². The molecule has 110 valence electrons. The van der Waals surface area contributed by atoms with Crippen LogP contribution in [0.1, 0.15) is 50.2 Å². The Balaban J connectivity index is 1.86. The predicted molar refractivity (Wildman–Crippen MR) is 78.6 cm³/mol. The van der Waals surface area contributed by atoms with Crippen LogP contribution in [0.5, 0.6) is 11.5 Å². The molecular weight excluding hydrogens is 276 g/mol. The third-order valence-corrected chi connectivity index (χ3v) is 4.61. The number of aliphatic hydroxyl groups excluding tert-OH is 1. The Morgan fingerprint density at radius 1 is 1.00 bits per heavy atom. The standard InChI is InChI=1S/C16H21ClO3/c17-13-10-15-14(19-7-4-8-20-15)9-12(13)16(18)11-5-2-1-3-6-11/h9-11,16,18H,1-8H2. The zero-order chi connectivity index (χ0) is 13.9. The van der Waals surface area contributed by atoms with E-state index in [1.165, 1.54) is 19.3 Å². The van der Waals surface area contributed by atoms with E-state index in [0.717, 1.165) is 24.8 Å². The van der Waals surface area contributed by atoms with Crippen molar-refractivity contribution in [3.05, 3.63) is 22.7 Å². The summed E-state index contributed by atoms with van der Waals surface area (Å²) in [6, 6.07) is 3.64. The molecule has 2 aliphatic rings. The maximum absolute atomic E-state index is 10.6. The molecule has 1 unspecified atom stereocenters. The van der Waals surface area contributed by atoms with Crippen LogP contribution < -0.4 is 9.47 Å². The highest BCUT2D eigenvalue weighted by atomic mass is 35.5. The summed E-state index contributed by atoms with van der Waals surface area (Å²) < 4.78 is 11.3. The molecule has 1 N–H and O–H groups in total. The molecular formula is C16H21ClO3. The summed E-state index contributed by atoms with van der Waals surface area (Å²) in [5.41, 5.74) is 0.780. The fourth-order valence-electron chi connectivity index (χ4n) is 3.13. The van der Waals surface area contributed by atoms with Crippen molar-refractivity contribution in [2.45, 2.75) is 44.6 Å². The van der Waals surface area contributed by atoms with Crippen molar-refractivity contribution in [1.82, 2.24) is 0 Å². The maximum atomic E-state index is 10.6. The van der Waals surface area contributed by atoms with Gasteiger partial charge in [0.25, 0.3) is 0 Å².